The fourth-order valence-electron chi connectivity index (χ4n) is 2.66. The molecule has 0 saturated heterocycles. The summed E-state index contributed by atoms with van der Waals surface area (Å²) in [5.74, 6) is 0.393. The van der Waals surface area contributed by atoms with Crippen LogP contribution in [0.4, 0.5) is 0 Å². The molecule has 27 heavy (non-hydrogen) atoms. The normalized spacial score (nSPS) is 12.5. The Morgan fingerprint density at radius 3 is 2.52 bits per heavy atom. The van der Waals surface area contributed by atoms with Crippen LogP contribution in [-0.4, -0.2) is 38.9 Å². The Labute approximate surface area is 166 Å². The molecular formula is C20H26N2O3S2. The number of sulfonamides is 1. The van der Waals surface area contributed by atoms with Gasteiger partial charge in [-0.15, -0.1) is 0 Å². The Kier molecular flexibility index (Phi) is 8.34. The van der Waals surface area contributed by atoms with Gasteiger partial charge in [-0.05, 0) is 49.5 Å². The van der Waals surface area contributed by atoms with Gasteiger partial charge in [0.15, 0.2) is 0 Å². The molecule has 0 aliphatic carbocycles. The van der Waals surface area contributed by atoms with Gasteiger partial charge < -0.3 is 5.32 Å². The minimum absolute atomic E-state index is 0.159. The highest BCUT2D eigenvalue weighted by Crippen LogP contribution is 2.11. The van der Waals surface area contributed by atoms with Gasteiger partial charge in [0.1, 0.15) is 6.04 Å². The van der Waals surface area contributed by atoms with Crippen molar-refractivity contribution < 1.29 is 13.2 Å². The summed E-state index contributed by atoms with van der Waals surface area (Å²) in [5, 5.41) is 2.86. The fraction of sp³-hybridized carbons (Fsp3) is 0.350. The molecule has 0 fully saturated rings. The number of benzene rings is 2. The summed E-state index contributed by atoms with van der Waals surface area (Å²) in [6, 6.07) is 15.4. The van der Waals surface area contributed by atoms with Crippen LogP contribution in [0.25, 0.3) is 0 Å². The van der Waals surface area contributed by atoms with Gasteiger partial charge in [-0.2, -0.15) is 16.5 Å². The highest BCUT2D eigenvalue weighted by atomic mass is 32.2. The summed E-state index contributed by atoms with van der Waals surface area (Å²) >= 11 is 1.58. The molecule has 0 heterocycles. The predicted molar refractivity (Wildman–Crippen MR) is 111 cm³/mol. The summed E-state index contributed by atoms with van der Waals surface area (Å²) in [4.78, 5) is 12.7. The topological polar surface area (TPSA) is 75.3 Å². The van der Waals surface area contributed by atoms with Crippen molar-refractivity contribution in [2.45, 2.75) is 30.7 Å². The van der Waals surface area contributed by atoms with E-state index in [2.05, 4.69) is 16.1 Å². The van der Waals surface area contributed by atoms with Crippen LogP contribution < -0.4 is 10.0 Å². The quantitative estimate of drug-likeness (QED) is 0.636. The molecule has 2 N–H and O–H groups in total. The van der Waals surface area contributed by atoms with E-state index in [9.17, 15) is 13.2 Å². The number of hydrogen-bond acceptors (Lipinski definition) is 4. The third-order valence-corrected chi connectivity index (χ3v) is 6.20. The van der Waals surface area contributed by atoms with Crippen molar-refractivity contribution in [1.29, 1.82) is 0 Å². The standard InChI is InChI=1S/C20H26N2O3S2/c1-16-7-6-8-17(15-16)11-13-21-20(23)19(12-14-26-2)22-27(24,25)18-9-4-3-5-10-18/h3-10,15,19,22H,11-14H2,1-2H3,(H,21,23). The molecule has 0 spiro atoms. The Balaban J connectivity index is 1.98. The molecule has 5 nitrogen and oxygen atoms in total. The maximum atomic E-state index is 12.6. The smallest absolute Gasteiger partial charge is 0.241 e. The van der Waals surface area contributed by atoms with Crippen LogP contribution in [-0.2, 0) is 21.2 Å². The van der Waals surface area contributed by atoms with E-state index in [0.29, 0.717) is 25.1 Å². The number of nitrogens with one attached hydrogen (secondary N) is 2. The Bertz CT molecular complexity index is 839. The van der Waals surface area contributed by atoms with E-state index < -0.39 is 16.1 Å². The zero-order chi connectivity index (χ0) is 19.7. The van der Waals surface area contributed by atoms with Crippen LogP contribution in [0.5, 0.6) is 0 Å². The van der Waals surface area contributed by atoms with Crippen molar-refractivity contribution in [3.05, 3.63) is 65.7 Å². The van der Waals surface area contributed by atoms with Crippen molar-refractivity contribution in [3.63, 3.8) is 0 Å². The molecule has 7 heteroatoms. The van der Waals surface area contributed by atoms with E-state index in [1.807, 2.05) is 31.4 Å². The van der Waals surface area contributed by atoms with Gasteiger partial charge in [0.25, 0.3) is 0 Å². The first-order valence-electron chi connectivity index (χ1n) is 8.82. The summed E-state index contributed by atoms with van der Waals surface area (Å²) in [6.45, 7) is 2.49. The van der Waals surface area contributed by atoms with Crippen molar-refractivity contribution >= 4 is 27.7 Å². The second-order valence-corrected chi connectivity index (χ2v) is 9.00. The van der Waals surface area contributed by atoms with Crippen LogP contribution in [0.2, 0.25) is 0 Å². The van der Waals surface area contributed by atoms with E-state index in [0.717, 1.165) is 5.56 Å². The van der Waals surface area contributed by atoms with E-state index in [-0.39, 0.29) is 10.8 Å². The number of rotatable bonds is 10. The third-order valence-electron chi connectivity index (χ3n) is 4.07. The van der Waals surface area contributed by atoms with Gasteiger partial charge in [0, 0.05) is 6.54 Å². The molecule has 2 aromatic rings. The predicted octanol–water partition coefficient (Wildman–Crippen LogP) is 2.75. The molecule has 1 atom stereocenters. The van der Waals surface area contributed by atoms with Gasteiger partial charge in [-0.25, -0.2) is 8.42 Å². The minimum Gasteiger partial charge on any atom is -0.354 e. The van der Waals surface area contributed by atoms with E-state index in [4.69, 9.17) is 0 Å². The molecule has 0 aliphatic rings. The van der Waals surface area contributed by atoms with E-state index >= 15 is 0 Å². The van der Waals surface area contributed by atoms with E-state index in [1.165, 1.54) is 17.7 Å². The first-order chi connectivity index (χ1) is 12.9. The number of hydrogen-bond donors (Lipinski definition) is 2. The lowest BCUT2D eigenvalue weighted by Crippen LogP contribution is -2.47. The second kappa shape index (κ2) is 10.5. The average Bonchev–Trinajstić information content (AvgIpc) is 2.65. The van der Waals surface area contributed by atoms with Crippen LogP contribution in [0.1, 0.15) is 17.5 Å². The number of carbonyl (C=O) groups is 1. The van der Waals surface area contributed by atoms with Crippen LogP contribution in [0.3, 0.4) is 0 Å². The Hall–Kier alpha value is -1.83. The van der Waals surface area contributed by atoms with E-state index in [1.54, 1.807) is 30.0 Å². The van der Waals surface area contributed by atoms with Crippen LogP contribution >= 0.6 is 11.8 Å². The second-order valence-electron chi connectivity index (χ2n) is 6.30. The summed E-state index contributed by atoms with van der Waals surface area (Å²) in [6.07, 6.45) is 3.07. The van der Waals surface area contributed by atoms with Crippen molar-refractivity contribution in [2.24, 2.45) is 0 Å². The highest BCUT2D eigenvalue weighted by Gasteiger charge is 2.25. The lowest BCUT2D eigenvalue weighted by atomic mass is 10.1. The highest BCUT2D eigenvalue weighted by molar-refractivity contribution is 7.98. The maximum Gasteiger partial charge on any atom is 0.241 e. The molecule has 146 valence electrons. The zero-order valence-corrected chi connectivity index (χ0v) is 17.3. The summed E-state index contributed by atoms with van der Waals surface area (Å²) < 4.78 is 27.6. The number of aryl methyl sites for hydroxylation is 1. The van der Waals surface area contributed by atoms with Gasteiger partial charge in [0.2, 0.25) is 15.9 Å². The molecule has 2 aromatic carbocycles. The van der Waals surface area contributed by atoms with Gasteiger partial charge >= 0.3 is 0 Å². The molecule has 2 rings (SSSR count). The Morgan fingerprint density at radius 2 is 1.85 bits per heavy atom. The molecule has 1 amide bonds. The average molecular weight is 407 g/mol. The lowest BCUT2D eigenvalue weighted by Gasteiger charge is -2.18. The van der Waals surface area contributed by atoms with Crippen molar-refractivity contribution in [2.75, 3.05) is 18.6 Å². The first kappa shape index (κ1) is 21.5. The monoisotopic (exact) mass is 406 g/mol. The first-order valence-corrected chi connectivity index (χ1v) is 11.7. The number of amides is 1. The largest absolute Gasteiger partial charge is 0.354 e. The lowest BCUT2D eigenvalue weighted by molar-refractivity contribution is -0.122. The molecule has 0 saturated carbocycles. The van der Waals surface area contributed by atoms with Gasteiger partial charge in [0.05, 0.1) is 4.90 Å². The number of carbonyl (C=O) groups excluding carboxylic acids is 1. The molecule has 0 aromatic heterocycles. The summed E-state index contributed by atoms with van der Waals surface area (Å²) in [7, 11) is -3.74. The summed E-state index contributed by atoms with van der Waals surface area (Å²) in [5.41, 5.74) is 2.31. The third kappa shape index (κ3) is 7.01. The maximum absolute atomic E-state index is 12.6. The molecule has 1 unspecified atom stereocenters. The fourth-order valence-corrected chi connectivity index (χ4v) is 4.38. The molecule has 0 radical (unpaired) electrons. The van der Waals surface area contributed by atoms with Gasteiger partial charge in [-0.3, -0.25) is 4.79 Å². The minimum atomic E-state index is -3.74. The van der Waals surface area contributed by atoms with Crippen LogP contribution in [0.15, 0.2) is 59.5 Å². The molecule has 0 bridgehead atoms. The van der Waals surface area contributed by atoms with Crippen molar-refractivity contribution in [1.82, 2.24) is 10.0 Å². The Morgan fingerprint density at radius 1 is 1.11 bits per heavy atom. The van der Waals surface area contributed by atoms with Crippen molar-refractivity contribution in [3.8, 4) is 0 Å². The SMILES string of the molecule is CSCCC(NS(=O)(=O)c1ccccc1)C(=O)NCCc1cccc(C)c1. The van der Waals surface area contributed by atoms with Gasteiger partial charge in [-0.1, -0.05) is 48.0 Å². The van der Waals surface area contributed by atoms with Crippen LogP contribution in [0, 0.1) is 6.92 Å². The molecule has 0 aliphatic heterocycles. The zero-order valence-electron chi connectivity index (χ0n) is 15.6. The number of thioether (sulfide) groups is 1. The molecular weight excluding hydrogens is 380 g/mol.